The molecule has 1 saturated heterocycles. The Morgan fingerprint density at radius 2 is 1.72 bits per heavy atom. The zero-order valence-electron chi connectivity index (χ0n) is 15.4. The lowest BCUT2D eigenvalue weighted by atomic mass is 10.1. The lowest BCUT2D eigenvalue weighted by Gasteiger charge is -2.35. The SMILES string of the molecule is FC(F)(F)c1cccc(N2CCN(Cc3nnc(-c4ccccc4Cl)o3)CC2)c1. The van der Waals surface area contributed by atoms with Crippen LogP contribution < -0.4 is 4.90 Å². The van der Waals surface area contributed by atoms with Crippen molar-refractivity contribution in [3.8, 4) is 11.5 Å². The van der Waals surface area contributed by atoms with Gasteiger partial charge in [-0.25, -0.2) is 0 Å². The van der Waals surface area contributed by atoms with Crippen LogP contribution in [-0.4, -0.2) is 41.3 Å². The molecule has 2 heterocycles. The van der Waals surface area contributed by atoms with E-state index >= 15 is 0 Å². The monoisotopic (exact) mass is 422 g/mol. The zero-order chi connectivity index (χ0) is 20.4. The van der Waals surface area contributed by atoms with E-state index in [0.29, 0.717) is 60.8 Å². The molecule has 0 atom stereocenters. The average molecular weight is 423 g/mol. The second-order valence-corrected chi connectivity index (χ2v) is 7.20. The summed E-state index contributed by atoms with van der Waals surface area (Å²) in [7, 11) is 0. The summed E-state index contributed by atoms with van der Waals surface area (Å²) in [5, 5.41) is 8.69. The normalized spacial score (nSPS) is 15.7. The van der Waals surface area contributed by atoms with Gasteiger partial charge in [0.25, 0.3) is 0 Å². The van der Waals surface area contributed by atoms with Gasteiger partial charge in [-0.05, 0) is 30.3 Å². The summed E-state index contributed by atoms with van der Waals surface area (Å²) in [5.74, 6) is 0.848. The molecule has 1 aromatic heterocycles. The van der Waals surface area contributed by atoms with Gasteiger partial charge >= 0.3 is 6.18 Å². The number of halogens is 4. The Morgan fingerprint density at radius 3 is 2.45 bits per heavy atom. The topological polar surface area (TPSA) is 45.4 Å². The molecule has 1 aliphatic rings. The smallest absolute Gasteiger partial charge is 0.416 e. The highest BCUT2D eigenvalue weighted by Crippen LogP contribution is 2.32. The maximum atomic E-state index is 12.9. The highest BCUT2D eigenvalue weighted by molar-refractivity contribution is 6.33. The van der Waals surface area contributed by atoms with E-state index < -0.39 is 11.7 Å². The number of rotatable bonds is 4. The third kappa shape index (κ3) is 4.54. The van der Waals surface area contributed by atoms with E-state index in [0.717, 1.165) is 6.07 Å². The second kappa shape index (κ2) is 8.04. The number of benzene rings is 2. The van der Waals surface area contributed by atoms with Crippen LogP contribution in [0.1, 0.15) is 11.5 Å². The van der Waals surface area contributed by atoms with Crippen LogP contribution >= 0.6 is 11.6 Å². The summed E-state index contributed by atoms with van der Waals surface area (Å²) >= 11 is 6.16. The molecule has 0 N–H and O–H groups in total. The van der Waals surface area contributed by atoms with E-state index in [4.69, 9.17) is 16.0 Å². The van der Waals surface area contributed by atoms with Crippen molar-refractivity contribution in [2.24, 2.45) is 0 Å². The fraction of sp³-hybridized carbons (Fsp3) is 0.300. The highest BCUT2D eigenvalue weighted by atomic mass is 35.5. The standard InChI is InChI=1S/C20H18ClF3N4O/c21-17-7-2-1-6-16(17)19-26-25-18(29-19)13-27-8-10-28(11-9-27)15-5-3-4-14(12-15)20(22,23)24/h1-7,12H,8-11,13H2. The summed E-state index contributed by atoms with van der Waals surface area (Å²) < 4.78 is 44.5. The Labute approximate surface area is 170 Å². The van der Waals surface area contributed by atoms with Crippen molar-refractivity contribution in [1.82, 2.24) is 15.1 Å². The minimum absolute atomic E-state index is 0.369. The van der Waals surface area contributed by atoms with Crippen molar-refractivity contribution in [2.45, 2.75) is 12.7 Å². The molecule has 0 amide bonds. The molecule has 5 nitrogen and oxygen atoms in total. The van der Waals surface area contributed by atoms with Gasteiger partial charge in [0.1, 0.15) is 0 Å². The Kier molecular flexibility index (Phi) is 5.47. The first-order chi connectivity index (χ1) is 13.9. The molecule has 152 valence electrons. The van der Waals surface area contributed by atoms with E-state index in [1.54, 1.807) is 12.1 Å². The van der Waals surface area contributed by atoms with Crippen LogP contribution in [0.25, 0.3) is 11.5 Å². The predicted molar refractivity (Wildman–Crippen MR) is 104 cm³/mol. The van der Waals surface area contributed by atoms with Crippen LogP contribution in [0.5, 0.6) is 0 Å². The van der Waals surface area contributed by atoms with Crippen molar-refractivity contribution in [3.63, 3.8) is 0 Å². The molecular formula is C20H18ClF3N4O. The Bertz CT molecular complexity index is 984. The number of alkyl halides is 3. The summed E-state index contributed by atoms with van der Waals surface area (Å²) in [6, 6.07) is 12.7. The van der Waals surface area contributed by atoms with Crippen molar-refractivity contribution in [1.29, 1.82) is 0 Å². The first kappa shape index (κ1) is 19.7. The zero-order valence-corrected chi connectivity index (χ0v) is 16.1. The largest absolute Gasteiger partial charge is 0.419 e. The van der Waals surface area contributed by atoms with Crippen LogP contribution in [0.15, 0.2) is 52.9 Å². The van der Waals surface area contributed by atoms with Crippen LogP contribution in [0.4, 0.5) is 18.9 Å². The summed E-state index contributed by atoms with van der Waals surface area (Å²) in [6.45, 7) is 3.08. The summed E-state index contributed by atoms with van der Waals surface area (Å²) in [5.41, 5.74) is 0.635. The molecule has 0 bridgehead atoms. The highest BCUT2D eigenvalue weighted by Gasteiger charge is 2.31. The Morgan fingerprint density at radius 1 is 0.966 bits per heavy atom. The third-order valence-corrected chi connectivity index (χ3v) is 5.17. The molecule has 1 aliphatic heterocycles. The van der Waals surface area contributed by atoms with Gasteiger partial charge < -0.3 is 9.32 Å². The number of anilines is 1. The van der Waals surface area contributed by atoms with Crippen molar-refractivity contribution in [3.05, 3.63) is 65.0 Å². The van der Waals surface area contributed by atoms with Crippen LogP contribution in [-0.2, 0) is 12.7 Å². The fourth-order valence-corrected chi connectivity index (χ4v) is 3.51. The Balaban J connectivity index is 1.37. The molecule has 3 aromatic rings. The summed E-state index contributed by atoms with van der Waals surface area (Å²) in [6.07, 6.45) is -4.34. The van der Waals surface area contributed by atoms with Gasteiger partial charge in [0, 0.05) is 31.9 Å². The fourth-order valence-electron chi connectivity index (χ4n) is 3.30. The van der Waals surface area contributed by atoms with E-state index in [-0.39, 0.29) is 0 Å². The van der Waals surface area contributed by atoms with E-state index in [1.165, 1.54) is 12.1 Å². The number of hydrogen-bond donors (Lipinski definition) is 0. The maximum absolute atomic E-state index is 12.9. The lowest BCUT2D eigenvalue weighted by Crippen LogP contribution is -2.46. The number of aromatic nitrogens is 2. The van der Waals surface area contributed by atoms with Gasteiger partial charge in [0.2, 0.25) is 11.8 Å². The van der Waals surface area contributed by atoms with Crippen LogP contribution in [0.3, 0.4) is 0 Å². The maximum Gasteiger partial charge on any atom is 0.416 e. The number of nitrogens with zero attached hydrogens (tertiary/aromatic N) is 4. The van der Waals surface area contributed by atoms with E-state index in [2.05, 4.69) is 15.1 Å². The molecule has 2 aromatic carbocycles. The molecule has 4 rings (SSSR count). The summed E-state index contributed by atoms with van der Waals surface area (Å²) in [4.78, 5) is 4.09. The molecule has 0 radical (unpaired) electrons. The van der Waals surface area contributed by atoms with Gasteiger partial charge in [0.15, 0.2) is 0 Å². The molecule has 29 heavy (non-hydrogen) atoms. The molecular weight excluding hydrogens is 405 g/mol. The first-order valence-corrected chi connectivity index (χ1v) is 9.50. The second-order valence-electron chi connectivity index (χ2n) is 6.79. The van der Waals surface area contributed by atoms with E-state index in [9.17, 15) is 13.2 Å². The molecule has 1 fully saturated rings. The number of piperazine rings is 1. The van der Waals surface area contributed by atoms with Gasteiger partial charge in [-0.3, -0.25) is 4.90 Å². The van der Waals surface area contributed by atoms with Crippen LogP contribution in [0.2, 0.25) is 5.02 Å². The van der Waals surface area contributed by atoms with Crippen LogP contribution in [0, 0.1) is 0 Å². The molecule has 0 spiro atoms. The Hall–Kier alpha value is -2.58. The van der Waals surface area contributed by atoms with Crippen molar-refractivity contribution in [2.75, 3.05) is 31.1 Å². The van der Waals surface area contributed by atoms with Gasteiger partial charge in [-0.15, -0.1) is 10.2 Å². The number of hydrogen-bond acceptors (Lipinski definition) is 5. The lowest BCUT2D eigenvalue weighted by molar-refractivity contribution is -0.137. The minimum atomic E-state index is -4.34. The third-order valence-electron chi connectivity index (χ3n) is 4.84. The quantitative estimate of drug-likeness (QED) is 0.608. The van der Waals surface area contributed by atoms with Gasteiger partial charge in [-0.1, -0.05) is 29.8 Å². The van der Waals surface area contributed by atoms with Gasteiger partial charge in [-0.2, -0.15) is 13.2 Å². The van der Waals surface area contributed by atoms with E-state index in [1.807, 2.05) is 23.1 Å². The molecule has 0 saturated carbocycles. The average Bonchev–Trinajstić information content (AvgIpc) is 3.16. The minimum Gasteiger partial charge on any atom is -0.419 e. The van der Waals surface area contributed by atoms with Crippen molar-refractivity contribution < 1.29 is 17.6 Å². The molecule has 0 aliphatic carbocycles. The molecule has 9 heteroatoms. The predicted octanol–water partition coefficient (Wildman–Crippen LogP) is 4.73. The molecule has 0 unspecified atom stereocenters. The van der Waals surface area contributed by atoms with Gasteiger partial charge in [0.05, 0.1) is 22.7 Å². The van der Waals surface area contributed by atoms with Crippen molar-refractivity contribution >= 4 is 17.3 Å². The first-order valence-electron chi connectivity index (χ1n) is 9.12.